The normalized spacial score (nSPS) is 30.9. The van der Waals surface area contributed by atoms with E-state index in [1.165, 1.54) is 6.42 Å². The summed E-state index contributed by atoms with van der Waals surface area (Å²) >= 11 is 0. The fraction of sp³-hybridized carbons (Fsp3) is 0.600. The van der Waals surface area contributed by atoms with Gasteiger partial charge >= 0.3 is 0 Å². The summed E-state index contributed by atoms with van der Waals surface area (Å²) in [6.45, 7) is 4.32. The molecule has 5 rings (SSSR count). The molecule has 2 N–H and O–H groups in total. The third kappa shape index (κ3) is 4.34. The molecule has 0 amide bonds. The fourth-order valence-corrected chi connectivity index (χ4v) is 5.25. The third-order valence-electron chi connectivity index (χ3n) is 7.06. The van der Waals surface area contributed by atoms with Gasteiger partial charge in [-0.25, -0.2) is 9.98 Å². The van der Waals surface area contributed by atoms with Crippen molar-refractivity contribution in [3.63, 3.8) is 0 Å². The lowest BCUT2D eigenvalue weighted by Crippen LogP contribution is -2.58. The summed E-state index contributed by atoms with van der Waals surface area (Å²) in [6, 6.07) is 10.7. The van der Waals surface area contributed by atoms with Crippen molar-refractivity contribution in [3.8, 4) is 0 Å². The molecule has 2 aromatic rings. The summed E-state index contributed by atoms with van der Waals surface area (Å²) in [5, 5.41) is 15.2. The van der Waals surface area contributed by atoms with E-state index >= 15 is 0 Å². The van der Waals surface area contributed by atoms with Crippen LogP contribution >= 0.6 is 0 Å². The van der Waals surface area contributed by atoms with Crippen LogP contribution in [0.1, 0.15) is 44.6 Å². The predicted octanol–water partition coefficient (Wildman–Crippen LogP) is 2.89. The quantitative estimate of drug-likeness (QED) is 0.747. The van der Waals surface area contributed by atoms with Crippen LogP contribution in [0.3, 0.4) is 0 Å². The minimum Gasteiger partial charge on any atom is -0.472 e. The summed E-state index contributed by atoms with van der Waals surface area (Å²) in [5.74, 6) is 1.60. The van der Waals surface area contributed by atoms with Gasteiger partial charge in [-0.15, -0.1) is 0 Å². The molecule has 1 aromatic carbocycles. The maximum absolute atomic E-state index is 10.4. The number of anilines is 1. The molecule has 7 nitrogen and oxygen atoms in total. The molecule has 172 valence electrons. The summed E-state index contributed by atoms with van der Waals surface area (Å²) in [5.41, 5.74) is 1.93. The number of nitrogens with zero attached hydrogens (tertiary/aromatic N) is 3. The smallest absolute Gasteiger partial charge is 0.220 e. The highest BCUT2D eigenvalue weighted by molar-refractivity contribution is 6.03. The Hall–Kier alpha value is -2.22. The van der Waals surface area contributed by atoms with Crippen molar-refractivity contribution >= 4 is 22.6 Å². The van der Waals surface area contributed by atoms with Gasteiger partial charge in [-0.1, -0.05) is 31.0 Å². The molecule has 0 bridgehead atoms. The van der Waals surface area contributed by atoms with Crippen LogP contribution in [0.15, 0.2) is 35.3 Å². The van der Waals surface area contributed by atoms with Crippen LogP contribution in [0.4, 0.5) is 5.82 Å². The Bertz CT molecular complexity index is 981. The van der Waals surface area contributed by atoms with Gasteiger partial charge in [0.1, 0.15) is 11.9 Å². The molecule has 5 atom stereocenters. The van der Waals surface area contributed by atoms with Gasteiger partial charge in [-0.05, 0) is 38.3 Å². The number of aliphatic imine (C=N–C) groups is 1. The SMILES string of the molecule is COC1CN(c2nc3ccccc3cc2C2=NCC(C)O2)CCC1NC1CCCCC1O. The van der Waals surface area contributed by atoms with Crippen LogP contribution in [-0.4, -0.2) is 73.1 Å². The number of fused-ring (bicyclic) bond motifs is 1. The molecule has 3 heterocycles. The molecule has 0 spiro atoms. The number of para-hydroxylation sites is 1. The Morgan fingerprint density at radius 3 is 2.78 bits per heavy atom. The van der Waals surface area contributed by atoms with E-state index in [1.807, 2.05) is 19.1 Å². The Morgan fingerprint density at radius 2 is 2.00 bits per heavy atom. The lowest BCUT2D eigenvalue weighted by atomic mass is 9.90. The highest BCUT2D eigenvalue weighted by Gasteiger charge is 2.35. The van der Waals surface area contributed by atoms with Crippen LogP contribution in [-0.2, 0) is 9.47 Å². The first-order valence-corrected chi connectivity index (χ1v) is 12.0. The van der Waals surface area contributed by atoms with E-state index in [1.54, 1.807) is 7.11 Å². The van der Waals surface area contributed by atoms with Crippen molar-refractivity contribution < 1.29 is 14.6 Å². The molecule has 3 aliphatic rings. The van der Waals surface area contributed by atoms with Crippen molar-refractivity contribution in [1.82, 2.24) is 10.3 Å². The second-order valence-corrected chi connectivity index (χ2v) is 9.37. The second kappa shape index (κ2) is 9.33. The van der Waals surface area contributed by atoms with Crippen LogP contribution in [0, 0.1) is 0 Å². The minimum absolute atomic E-state index is 0.0179. The highest BCUT2D eigenvalue weighted by atomic mass is 16.5. The first-order valence-electron chi connectivity index (χ1n) is 12.0. The van der Waals surface area contributed by atoms with Crippen LogP contribution in [0.5, 0.6) is 0 Å². The molecule has 0 radical (unpaired) electrons. The number of nitrogens with one attached hydrogen (secondary N) is 1. The Kier molecular flexibility index (Phi) is 6.31. The van der Waals surface area contributed by atoms with Crippen LogP contribution < -0.4 is 10.2 Å². The molecule has 5 unspecified atom stereocenters. The van der Waals surface area contributed by atoms with E-state index in [0.29, 0.717) is 12.4 Å². The van der Waals surface area contributed by atoms with Gasteiger partial charge < -0.3 is 24.8 Å². The van der Waals surface area contributed by atoms with Crippen molar-refractivity contribution in [1.29, 1.82) is 0 Å². The summed E-state index contributed by atoms with van der Waals surface area (Å²) < 4.78 is 12.0. The van der Waals surface area contributed by atoms with E-state index in [4.69, 9.17) is 14.5 Å². The summed E-state index contributed by atoms with van der Waals surface area (Å²) in [6.07, 6.45) is 5.00. The number of methoxy groups -OCH3 is 1. The zero-order chi connectivity index (χ0) is 22.1. The molecule has 32 heavy (non-hydrogen) atoms. The van der Waals surface area contributed by atoms with E-state index < -0.39 is 0 Å². The van der Waals surface area contributed by atoms with E-state index in [0.717, 1.165) is 61.1 Å². The molecule has 1 saturated heterocycles. The lowest BCUT2D eigenvalue weighted by Gasteiger charge is -2.42. The zero-order valence-corrected chi connectivity index (χ0v) is 19.0. The van der Waals surface area contributed by atoms with Gasteiger partial charge in [0.15, 0.2) is 0 Å². The molecule has 2 aliphatic heterocycles. The number of hydrogen-bond donors (Lipinski definition) is 2. The topological polar surface area (TPSA) is 79.2 Å². The molecule has 1 saturated carbocycles. The van der Waals surface area contributed by atoms with E-state index in [2.05, 4.69) is 33.4 Å². The standard InChI is InChI=1S/C25H34N4O3/c1-16-14-26-25(32-16)18-13-17-7-3-4-8-19(17)28-24(18)29-12-11-21(23(15-29)31-2)27-20-9-5-6-10-22(20)30/h3-4,7-8,13,16,20-23,27,30H,5-6,9-12,14-15H2,1-2H3. The largest absolute Gasteiger partial charge is 0.472 e. The minimum atomic E-state index is -0.257. The Morgan fingerprint density at radius 1 is 1.16 bits per heavy atom. The number of piperidine rings is 1. The number of rotatable bonds is 5. The maximum Gasteiger partial charge on any atom is 0.220 e. The van der Waals surface area contributed by atoms with Crippen molar-refractivity contribution in [3.05, 3.63) is 35.9 Å². The van der Waals surface area contributed by atoms with Gasteiger partial charge in [0, 0.05) is 37.7 Å². The van der Waals surface area contributed by atoms with Gasteiger partial charge in [0.2, 0.25) is 5.90 Å². The van der Waals surface area contributed by atoms with Gasteiger partial charge in [-0.2, -0.15) is 0 Å². The van der Waals surface area contributed by atoms with Crippen LogP contribution in [0.2, 0.25) is 0 Å². The molecule has 1 aromatic heterocycles. The lowest BCUT2D eigenvalue weighted by molar-refractivity contribution is 0.0309. The van der Waals surface area contributed by atoms with E-state index in [-0.39, 0.29) is 30.4 Å². The highest BCUT2D eigenvalue weighted by Crippen LogP contribution is 2.30. The van der Waals surface area contributed by atoms with E-state index in [9.17, 15) is 5.11 Å². The number of aliphatic hydroxyl groups excluding tert-OH is 1. The van der Waals surface area contributed by atoms with Gasteiger partial charge in [0.05, 0.1) is 29.8 Å². The molecule has 7 heteroatoms. The first-order chi connectivity index (χ1) is 15.6. The van der Waals surface area contributed by atoms with Crippen LogP contribution in [0.25, 0.3) is 10.9 Å². The zero-order valence-electron chi connectivity index (χ0n) is 19.0. The first kappa shape index (κ1) is 21.6. The average Bonchev–Trinajstić information content (AvgIpc) is 3.26. The predicted molar refractivity (Wildman–Crippen MR) is 127 cm³/mol. The van der Waals surface area contributed by atoms with Crippen molar-refractivity contribution in [2.24, 2.45) is 4.99 Å². The molecule has 1 aliphatic carbocycles. The monoisotopic (exact) mass is 438 g/mol. The average molecular weight is 439 g/mol. The van der Waals surface area contributed by atoms with Crippen molar-refractivity contribution in [2.45, 2.75) is 69.4 Å². The second-order valence-electron chi connectivity index (χ2n) is 9.37. The number of aromatic nitrogens is 1. The number of aliphatic hydroxyl groups is 1. The van der Waals surface area contributed by atoms with Crippen molar-refractivity contribution in [2.75, 3.05) is 31.6 Å². The summed E-state index contributed by atoms with van der Waals surface area (Å²) in [7, 11) is 1.78. The van der Waals surface area contributed by atoms with Gasteiger partial charge in [-0.3, -0.25) is 0 Å². The number of pyridine rings is 1. The Labute approximate surface area is 189 Å². The fourth-order valence-electron chi connectivity index (χ4n) is 5.25. The summed E-state index contributed by atoms with van der Waals surface area (Å²) in [4.78, 5) is 12.0. The molecular formula is C25H34N4O3. The maximum atomic E-state index is 10.4. The number of ether oxygens (including phenoxy) is 2. The third-order valence-corrected chi connectivity index (χ3v) is 7.06. The molecule has 2 fully saturated rings. The number of benzene rings is 1. The van der Waals surface area contributed by atoms with Gasteiger partial charge in [0.25, 0.3) is 0 Å². The Balaban J connectivity index is 1.40. The molecular weight excluding hydrogens is 404 g/mol. The number of hydrogen-bond acceptors (Lipinski definition) is 7.